The third kappa shape index (κ3) is 3.66. The van der Waals surface area contributed by atoms with E-state index in [4.69, 9.17) is 4.74 Å². The molecule has 1 heterocycles. The molecule has 0 saturated heterocycles. The van der Waals surface area contributed by atoms with Crippen LogP contribution in [0.25, 0.3) is 0 Å². The summed E-state index contributed by atoms with van der Waals surface area (Å²) in [6.07, 6.45) is 0.758. The van der Waals surface area contributed by atoms with Gasteiger partial charge in [0.15, 0.2) is 0 Å². The zero-order chi connectivity index (χ0) is 15.6. The Balaban J connectivity index is 3.18. The van der Waals surface area contributed by atoms with Crippen LogP contribution in [0, 0.1) is 17.2 Å². The van der Waals surface area contributed by atoms with Crippen LogP contribution in [-0.4, -0.2) is 46.7 Å². The Morgan fingerprint density at radius 1 is 1.65 bits per heavy atom. The number of aliphatic imine (C=N–C) groups is 1. The summed E-state index contributed by atoms with van der Waals surface area (Å²) in [4.78, 5) is 17.3. The summed E-state index contributed by atoms with van der Waals surface area (Å²) >= 11 is 4.56. The highest BCUT2D eigenvalue weighted by molar-refractivity contribution is 7.81. The molecule has 5 nitrogen and oxygen atoms in total. The molecule has 2 unspecified atom stereocenters. The van der Waals surface area contributed by atoms with Gasteiger partial charge in [-0.1, -0.05) is 0 Å². The minimum absolute atomic E-state index is 0.325. The molecule has 0 N–H and O–H groups in total. The molecule has 2 atom stereocenters. The van der Waals surface area contributed by atoms with Crippen LogP contribution in [0.5, 0.6) is 0 Å². The lowest BCUT2D eigenvalue weighted by atomic mass is 9.89. The topological polar surface area (TPSA) is 65.7 Å². The Morgan fingerprint density at radius 3 is 2.55 bits per heavy atom. The number of hydrogen-bond donors (Lipinski definition) is 1. The summed E-state index contributed by atoms with van der Waals surface area (Å²) in [7, 11) is 0. The first-order valence-electron chi connectivity index (χ1n) is 6.72. The van der Waals surface area contributed by atoms with Crippen molar-refractivity contribution < 1.29 is 9.53 Å². The highest BCUT2D eigenvalue weighted by Gasteiger charge is 2.43. The zero-order valence-corrected chi connectivity index (χ0v) is 13.6. The van der Waals surface area contributed by atoms with Crippen LogP contribution in [0.2, 0.25) is 0 Å². The highest BCUT2D eigenvalue weighted by atomic mass is 32.1. The van der Waals surface area contributed by atoms with Crippen molar-refractivity contribution in [2.75, 3.05) is 13.2 Å². The molecule has 0 aromatic heterocycles. The molecule has 0 aromatic carbocycles. The van der Waals surface area contributed by atoms with Crippen LogP contribution in [0.3, 0.4) is 0 Å². The molecule has 0 aromatic rings. The van der Waals surface area contributed by atoms with Crippen molar-refractivity contribution in [3.63, 3.8) is 0 Å². The number of carbonyl (C=O) groups excluding carboxylic acids is 1. The van der Waals surface area contributed by atoms with E-state index in [1.165, 1.54) is 0 Å². The number of carbonyl (C=O) groups is 1. The van der Waals surface area contributed by atoms with E-state index in [1.54, 1.807) is 4.90 Å². The fourth-order valence-corrected chi connectivity index (χ4v) is 2.67. The number of ether oxygens (including phenoxy) is 1. The largest absolute Gasteiger partial charge is 0.477 e. The van der Waals surface area contributed by atoms with Crippen LogP contribution >= 0.6 is 12.6 Å². The van der Waals surface area contributed by atoms with Gasteiger partial charge in [0, 0.05) is 11.3 Å². The van der Waals surface area contributed by atoms with Gasteiger partial charge in [0.1, 0.15) is 12.5 Å². The SMILES string of the molecule is CCN(C=O)C(C(C#N)C1=NC(C)(C)CO1)C(C)(C)S. The minimum atomic E-state index is -0.616. The third-order valence-electron chi connectivity index (χ3n) is 3.29. The number of thiol groups is 1. The number of amides is 1. The number of hydrogen-bond acceptors (Lipinski definition) is 5. The van der Waals surface area contributed by atoms with Crippen molar-refractivity contribution in [3.05, 3.63) is 0 Å². The minimum Gasteiger partial charge on any atom is -0.477 e. The summed E-state index contributed by atoms with van der Waals surface area (Å²) < 4.78 is 5.04. The van der Waals surface area contributed by atoms with Gasteiger partial charge in [0.25, 0.3) is 0 Å². The predicted octanol–water partition coefficient (Wildman–Crippen LogP) is 1.89. The smallest absolute Gasteiger partial charge is 0.210 e. The van der Waals surface area contributed by atoms with Crippen molar-refractivity contribution in [1.29, 1.82) is 5.26 Å². The molecule has 20 heavy (non-hydrogen) atoms. The summed E-state index contributed by atoms with van der Waals surface area (Å²) in [6, 6.07) is 1.84. The second kappa shape index (κ2) is 6.04. The molecule has 1 aliphatic rings. The molecular formula is C14H23N3O2S. The van der Waals surface area contributed by atoms with E-state index >= 15 is 0 Å². The van der Waals surface area contributed by atoms with Crippen molar-refractivity contribution in [2.45, 2.75) is 50.9 Å². The quantitative estimate of drug-likeness (QED) is 0.601. The van der Waals surface area contributed by atoms with Gasteiger partial charge < -0.3 is 9.64 Å². The Bertz CT molecular complexity index is 435. The molecule has 1 aliphatic heterocycles. The number of rotatable bonds is 6. The molecule has 0 fully saturated rings. The second-order valence-corrected chi connectivity index (χ2v) is 7.34. The number of nitriles is 1. The summed E-state index contributed by atoms with van der Waals surface area (Å²) in [5.74, 6) is -0.209. The van der Waals surface area contributed by atoms with E-state index in [9.17, 15) is 10.1 Å². The third-order valence-corrected chi connectivity index (χ3v) is 3.55. The average Bonchev–Trinajstić information content (AvgIpc) is 2.69. The normalized spacial score (nSPS) is 20.4. The number of nitrogens with zero attached hydrogens (tertiary/aromatic N) is 3. The Morgan fingerprint density at radius 2 is 2.25 bits per heavy atom. The van der Waals surface area contributed by atoms with Crippen molar-refractivity contribution >= 4 is 24.9 Å². The lowest BCUT2D eigenvalue weighted by Crippen LogP contribution is -2.52. The molecule has 1 rings (SSSR count). The molecule has 0 spiro atoms. The molecular weight excluding hydrogens is 274 g/mol. The summed E-state index contributed by atoms with van der Waals surface area (Å²) in [5.41, 5.74) is -0.325. The van der Waals surface area contributed by atoms with Gasteiger partial charge in [0.05, 0.1) is 17.6 Å². The molecule has 6 heteroatoms. The predicted molar refractivity (Wildman–Crippen MR) is 81.9 cm³/mol. The van der Waals surface area contributed by atoms with Crippen LogP contribution in [-0.2, 0) is 9.53 Å². The van der Waals surface area contributed by atoms with Gasteiger partial charge in [-0.15, -0.1) is 0 Å². The van der Waals surface area contributed by atoms with Crippen molar-refractivity contribution in [3.8, 4) is 6.07 Å². The van der Waals surface area contributed by atoms with Gasteiger partial charge >= 0.3 is 0 Å². The van der Waals surface area contributed by atoms with Crippen LogP contribution in [0.1, 0.15) is 34.6 Å². The maximum atomic E-state index is 11.3. The Kier molecular flexibility index (Phi) is 5.09. The Hall–Kier alpha value is -1.22. The standard InChI is InChI=1S/C14H23N3O2S/c1-6-17(9-18)11(14(4,5)20)10(7-15)12-16-13(2,3)8-19-12/h9-11,20H,6,8H2,1-5H3. The molecule has 0 bridgehead atoms. The van der Waals surface area contributed by atoms with E-state index in [1.807, 2.05) is 34.6 Å². The Labute approximate surface area is 126 Å². The molecule has 0 aliphatic carbocycles. The van der Waals surface area contributed by atoms with E-state index in [2.05, 4.69) is 23.7 Å². The van der Waals surface area contributed by atoms with Crippen LogP contribution in [0.15, 0.2) is 4.99 Å². The lowest BCUT2D eigenvalue weighted by Gasteiger charge is -2.39. The van der Waals surface area contributed by atoms with Gasteiger partial charge in [-0.2, -0.15) is 17.9 Å². The lowest BCUT2D eigenvalue weighted by molar-refractivity contribution is -0.120. The van der Waals surface area contributed by atoms with E-state index in [0.29, 0.717) is 19.0 Å². The zero-order valence-electron chi connectivity index (χ0n) is 12.8. The van der Waals surface area contributed by atoms with Crippen LogP contribution < -0.4 is 0 Å². The highest BCUT2D eigenvalue weighted by Crippen LogP contribution is 2.31. The monoisotopic (exact) mass is 297 g/mol. The molecule has 112 valence electrons. The maximum Gasteiger partial charge on any atom is 0.210 e. The van der Waals surface area contributed by atoms with Gasteiger partial charge in [-0.25, -0.2) is 4.99 Å². The van der Waals surface area contributed by atoms with E-state index < -0.39 is 16.7 Å². The van der Waals surface area contributed by atoms with E-state index in [0.717, 1.165) is 6.41 Å². The molecule has 0 saturated carbocycles. The first-order valence-corrected chi connectivity index (χ1v) is 7.16. The average molecular weight is 297 g/mol. The van der Waals surface area contributed by atoms with Crippen LogP contribution in [0.4, 0.5) is 0 Å². The van der Waals surface area contributed by atoms with Crippen molar-refractivity contribution in [2.24, 2.45) is 10.9 Å². The first kappa shape index (κ1) is 16.8. The van der Waals surface area contributed by atoms with Crippen molar-refractivity contribution in [1.82, 2.24) is 4.90 Å². The van der Waals surface area contributed by atoms with Gasteiger partial charge in [0.2, 0.25) is 12.3 Å². The fraction of sp³-hybridized carbons (Fsp3) is 0.786. The van der Waals surface area contributed by atoms with E-state index in [-0.39, 0.29) is 5.54 Å². The maximum absolute atomic E-state index is 11.3. The fourth-order valence-electron chi connectivity index (χ4n) is 2.38. The second-order valence-electron chi connectivity index (χ2n) is 6.19. The summed E-state index contributed by atoms with van der Waals surface area (Å²) in [5, 5.41) is 9.54. The molecule has 0 radical (unpaired) electrons. The van der Waals surface area contributed by atoms with Gasteiger partial charge in [-0.3, -0.25) is 4.79 Å². The molecule has 1 amide bonds. The summed E-state index contributed by atoms with van der Waals surface area (Å²) in [6.45, 7) is 10.5. The first-order chi connectivity index (χ1) is 9.16. The van der Waals surface area contributed by atoms with Gasteiger partial charge in [-0.05, 0) is 34.6 Å².